The maximum Gasteiger partial charge on any atom is 0.270 e. The number of halogens is 1. The molecule has 0 saturated carbocycles. The molecule has 1 fully saturated rings. The van der Waals surface area contributed by atoms with Gasteiger partial charge in [0, 0.05) is 18.5 Å². The normalized spacial score (nSPS) is 15.1. The molecule has 5 nitrogen and oxygen atoms in total. The van der Waals surface area contributed by atoms with Crippen LogP contribution in [0.15, 0.2) is 47.1 Å². The summed E-state index contributed by atoms with van der Waals surface area (Å²) in [6.07, 6.45) is 1.59. The van der Waals surface area contributed by atoms with Crippen LogP contribution in [0.3, 0.4) is 0 Å². The van der Waals surface area contributed by atoms with Crippen LogP contribution in [0, 0.1) is 5.82 Å². The predicted molar refractivity (Wildman–Crippen MR) is 86.4 cm³/mol. The number of aromatic nitrogens is 1. The summed E-state index contributed by atoms with van der Waals surface area (Å²) < 4.78 is 26.1. The topological polar surface area (TPSA) is 47.6 Å². The minimum atomic E-state index is -0.295. The van der Waals surface area contributed by atoms with Crippen molar-refractivity contribution in [2.75, 3.05) is 26.3 Å². The third-order valence-corrected chi connectivity index (χ3v) is 4.25. The molecule has 124 valence electrons. The second kappa shape index (κ2) is 6.13. The van der Waals surface area contributed by atoms with Crippen molar-refractivity contribution in [1.82, 2.24) is 9.47 Å². The Bertz CT molecular complexity index is 877. The van der Waals surface area contributed by atoms with Crippen molar-refractivity contribution < 1.29 is 18.3 Å². The molecule has 0 unspecified atom stereocenters. The molecular weight excluding hydrogens is 311 g/mol. The fourth-order valence-electron chi connectivity index (χ4n) is 3.06. The van der Waals surface area contributed by atoms with Crippen LogP contribution < -0.4 is 0 Å². The zero-order chi connectivity index (χ0) is 16.5. The minimum absolute atomic E-state index is 0.0545. The number of hydrogen-bond acceptors (Lipinski definition) is 3. The van der Waals surface area contributed by atoms with Gasteiger partial charge in [-0.2, -0.15) is 0 Å². The number of fused-ring (bicyclic) bond motifs is 1. The quantitative estimate of drug-likeness (QED) is 0.743. The van der Waals surface area contributed by atoms with Crippen LogP contribution in [-0.4, -0.2) is 41.7 Å². The van der Waals surface area contributed by atoms with Crippen molar-refractivity contribution in [3.63, 3.8) is 0 Å². The number of carbonyl (C=O) groups is 1. The van der Waals surface area contributed by atoms with Gasteiger partial charge in [-0.1, -0.05) is 12.1 Å². The number of morpholine rings is 1. The Morgan fingerprint density at radius 2 is 2.00 bits per heavy atom. The monoisotopic (exact) mass is 328 g/mol. The summed E-state index contributed by atoms with van der Waals surface area (Å²) in [5, 5.41) is 0.864. The second-order valence-electron chi connectivity index (χ2n) is 5.83. The highest BCUT2D eigenvalue weighted by Crippen LogP contribution is 2.24. The van der Waals surface area contributed by atoms with E-state index in [0.29, 0.717) is 44.3 Å². The van der Waals surface area contributed by atoms with Crippen LogP contribution in [0.4, 0.5) is 4.39 Å². The smallest absolute Gasteiger partial charge is 0.270 e. The number of furan rings is 1. The lowest BCUT2D eigenvalue weighted by molar-refractivity contribution is 0.0296. The summed E-state index contributed by atoms with van der Waals surface area (Å²) in [6.45, 7) is 2.62. The molecule has 0 spiro atoms. The first-order valence-corrected chi connectivity index (χ1v) is 7.90. The van der Waals surface area contributed by atoms with Gasteiger partial charge in [0.15, 0.2) is 0 Å². The van der Waals surface area contributed by atoms with Gasteiger partial charge in [-0.25, -0.2) is 4.39 Å². The van der Waals surface area contributed by atoms with Crippen molar-refractivity contribution in [3.8, 4) is 0 Å². The van der Waals surface area contributed by atoms with Crippen LogP contribution in [0.1, 0.15) is 16.1 Å². The van der Waals surface area contributed by atoms with Gasteiger partial charge in [0.05, 0.1) is 26.0 Å². The number of amides is 1. The van der Waals surface area contributed by atoms with Gasteiger partial charge < -0.3 is 18.6 Å². The Kier molecular flexibility index (Phi) is 3.82. The van der Waals surface area contributed by atoms with Gasteiger partial charge in [-0.15, -0.1) is 0 Å². The molecule has 1 aliphatic heterocycles. The summed E-state index contributed by atoms with van der Waals surface area (Å²) in [5.74, 6) is -0.350. The van der Waals surface area contributed by atoms with E-state index in [4.69, 9.17) is 9.15 Å². The number of nitrogens with zero attached hydrogens (tertiary/aromatic N) is 2. The Hall–Kier alpha value is -2.60. The van der Waals surface area contributed by atoms with Crippen LogP contribution in [0.25, 0.3) is 11.1 Å². The Morgan fingerprint density at radius 3 is 2.79 bits per heavy atom. The molecule has 3 aromatic rings. The van der Waals surface area contributed by atoms with E-state index in [1.807, 2.05) is 22.8 Å². The van der Waals surface area contributed by atoms with Crippen molar-refractivity contribution >= 4 is 17.0 Å². The van der Waals surface area contributed by atoms with E-state index >= 15 is 0 Å². The molecular formula is C18H17FN2O3. The van der Waals surface area contributed by atoms with E-state index in [1.54, 1.807) is 17.2 Å². The molecule has 6 heteroatoms. The Labute approximate surface area is 138 Å². The highest BCUT2D eigenvalue weighted by atomic mass is 19.1. The van der Waals surface area contributed by atoms with E-state index in [2.05, 4.69) is 0 Å². The number of carbonyl (C=O) groups excluding carboxylic acids is 1. The molecule has 3 heterocycles. The molecule has 24 heavy (non-hydrogen) atoms. The SMILES string of the molecule is O=C(c1cc2ccoc2n1Cc1cccc(F)c1)N1CCOCC1. The summed E-state index contributed by atoms with van der Waals surface area (Å²) >= 11 is 0. The summed E-state index contributed by atoms with van der Waals surface area (Å²) in [4.78, 5) is 14.7. The van der Waals surface area contributed by atoms with E-state index in [-0.39, 0.29) is 11.7 Å². The maximum absolute atomic E-state index is 13.5. The van der Waals surface area contributed by atoms with Crippen molar-refractivity contribution in [2.24, 2.45) is 0 Å². The maximum atomic E-state index is 13.5. The van der Waals surface area contributed by atoms with Gasteiger partial charge in [0.25, 0.3) is 5.91 Å². The zero-order valence-corrected chi connectivity index (χ0v) is 13.1. The molecule has 0 bridgehead atoms. The van der Waals surface area contributed by atoms with Crippen molar-refractivity contribution in [1.29, 1.82) is 0 Å². The molecule has 1 amide bonds. The molecule has 1 aromatic carbocycles. The highest BCUT2D eigenvalue weighted by Gasteiger charge is 2.24. The van der Waals surface area contributed by atoms with E-state index in [1.165, 1.54) is 12.1 Å². The Morgan fingerprint density at radius 1 is 1.17 bits per heavy atom. The highest BCUT2D eigenvalue weighted by molar-refractivity contribution is 5.97. The molecule has 1 aliphatic rings. The van der Waals surface area contributed by atoms with Crippen LogP contribution in [0.2, 0.25) is 0 Å². The van der Waals surface area contributed by atoms with Crippen molar-refractivity contribution in [3.05, 3.63) is 59.7 Å². The largest absolute Gasteiger partial charge is 0.448 e. The third-order valence-electron chi connectivity index (χ3n) is 4.25. The van der Waals surface area contributed by atoms with Gasteiger partial charge in [0.2, 0.25) is 5.71 Å². The van der Waals surface area contributed by atoms with Crippen LogP contribution >= 0.6 is 0 Å². The van der Waals surface area contributed by atoms with E-state index in [9.17, 15) is 9.18 Å². The molecule has 0 N–H and O–H groups in total. The number of hydrogen-bond donors (Lipinski definition) is 0. The van der Waals surface area contributed by atoms with Crippen molar-refractivity contribution in [2.45, 2.75) is 6.54 Å². The van der Waals surface area contributed by atoms with Crippen LogP contribution in [-0.2, 0) is 11.3 Å². The van der Waals surface area contributed by atoms with E-state index < -0.39 is 0 Å². The summed E-state index contributed by atoms with van der Waals surface area (Å²) in [6, 6.07) is 10.0. The van der Waals surface area contributed by atoms with Crippen LogP contribution in [0.5, 0.6) is 0 Å². The Balaban J connectivity index is 1.72. The fraction of sp³-hybridized carbons (Fsp3) is 0.278. The molecule has 4 rings (SSSR count). The predicted octanol–water partition coefficient (Wildman–Crippen LogP) is 2.89. The lowest BCUT2D eigenvalue weighted by Crippen LogP contribution is -2.41. The van der Waals surface area contributed by atoms with Gasteiger partial charge in [0.1, 0.15) is 11.5 Å². The molecule has 2 aromatic heterocycles. The average Bonchev–Trinajstić information content (AvgIpc) is 3.18. The zero-order valence-electron chi connectivity index (χ0n) is 13.1. The van der Waals surface area contributed by atoms with Gasteiger partial charge in [-0.3, -0.25) is 4.79 Å². The van der Waals surface area contributed by atoms with Gasteiger partial charge >= 0.3 is 0 Å². The number of benzene rings is 1. The first-order chi connectivity index (χ1) is 11.7. The minimum Gasteiger partial charge on any atom is -0.448 e. The molecule has 0 aliphatic carbocycles. The average molecular weight is 328 g/mol. The third kappa shape index (κ3) is 2.69. The standard InChI is InChI=1S/C18H17FN2O3/c19-15-3-1-2-13(10-15)12-21-16(11-14-4-7-24-18(14)21)17(22)20-5-8-23-9-6-20/h1-4,7,10-11H,5-6,8-9,12H2. The fourth-order valence-corrected chi connectivity index (χ4v) is 3.06. The lowest BCUT2D eigenvalue weighted by Gasteiger charge is -2.27. The summed E-state index contributed by atoms with van der Waals surface area (Å²) in [5.41, 5.74) is 1.95. The lowest BCUT2D eigenvalue weighted by atomic mass is 10.2. The van der Waals surface area contributed by atoms with E-state index in [0.717, 1.165) is 10.9 Å². The van der Waals surface area contributed by atoms with Gasteiger partial charge in [-0.05, 0) is 29.8 Å². The first kappa shape index (κ1) is 15.0. The first-order valence-electron chi connectivity index (χ1n) is 7.90. The molecule has 1 saturated heterocycles. The molecule has 0 radical (unpaired) electrons. The second-order valence-corrected chi connectivity index (χ2v) is 5.83. The number of ether oxygens (including phenoxy) is 1. The summed E-state index contributed by atoms with van der Waals surface area (Å²) in [7, 11) is 0. The number of rotatable bonds is 3. The molecule has 0 atom stereocenters.